The van der Waals surface area contributed by atoms with E-state index in [2.05, 4.69) is 15.6 Å². The van der Waals surface area contributed by atoms with Crippen LogP contribution in [0.5, 0.6) is 0 Å². The van der Waals surface area contributed by atoms with E-state index < -0.39 is 0 Å². The first kappa shape index (κ1) is 16.0. The van der Waals surface area contributed by atoms with E-state index in [9.17, 15) is 9.59 Å². The number of thiophene rings is 1. The van der Waals surface area contributed by atoms with Gasteiger partial charge in [-0.05, 0) is 36.8 Å². The molecule has 0 aliphatic heterocycles. The van der Waals surface area contributed by atoms with Crippen LogP contribution in [0, 0.1) is 0 Å². The van der Waals surface area contributed by atoms with Gasteiger partial charge in [0.1, 0.15) is 5.00 Å². The molecule has 6 nitrogen and oxygen atoms in total. The van der Waals surface area contributed by atoms with Gasteiger partial charge in [-0.1, -0.05) is 0 Å². The zero-order valence-corrected chi connectivity index (χ0v) is 12.9. The summed E-state index contributed by atoms with van der Waals surface area (Å²) < 4.78 is 0. The number of nitrogens with one attached hydrogen (secondary N) is 3. The number of carbonyl (C=O) groups excluding carboxylic acids is 2. The largest absolute Gasteiger partial charge is 0.395 e. The molecule has 2 amide bonds. The minimum atomic E-state index is -0.271. The lowest BCUT2D eigenvalue weighted by atomic mass is 10.1. The molecule has 0 aliphatic rings. The van der Waals surface area contributed by atoms with Gasteiger partial charge in [0, 0.05) is 24.0 Å². The number of anilines is 1. The molecule has 0 aliphatic carbocycles. The molecule has 0 saturated heterocycles. The van der Waals surface area contributed by atoms with E-state index in [1.54, 1.807) is 6.07 Å². The van der Waals surface area contributed by atoms with Crippen molar-refractivity contribution in [2.75, 3.05) is 18.5 Å². The van der Waals surface area contributed by atoms with Crippen LogP contribution in [0.25, 0.3) is 11.6 Å². The van der Waals surface area contributed by atoms with Crippen molar-refractivity contribution >= 4 is 40.3 Å². The van der Waals surface area contributed by atoms with E-state index >= 15 is 0 Å². The zero-order valence-electron chi connectivity index (χ0n) is 12.1. The smallest absolute Gasteiger partial charge is 0.261 e. The molecule has 0 unspecified atom stereocenters. The van der Waals surface area contributed by atoms with Gasteiger partial charge in [0.2, 0.25) is 6.41 Å². The van der Waals surface area contributed by atoms with Gasteiger partial charge in [-0.3, -0.25) is 9.59 Å². The van der Waals surface area contributed by atoms with E-state index in [0.717, 1.165) is 16.8 Å². The number of aromatic nitrogens is 1. The van der Waals surface area contributed by atoms with Crippen LogP contribution in [0.15, 0.2) is 24.4 Å². The predicted molar refractivity (Wildman–Crippen MR) is 87.8 cm³/mol. The third-order valence-corrected chi connectivity index (χ3v) is 4.03. The van der Waals surface area contributed by atoms with E-state index in [1.807, 2.05) is 31.3 Å². The molecular formula is C15H17N3O3S. The summed E-state index contributed by atoms with van der Waals surface area (Å²) in [6.45, 7) is 1.99. The Balaban J connectivity index is 2.31. The molecule has 0 bridgehead atoms. The van der Waals surface area contributed by atoms with Gasteiger partial charge in [0.25, 0.3) is 5.91 Å². The molecule has 0 atom stereocenters. The first-order valence-electron chi connectivity index (χ1n) is 6.71. The highest BCUT2D eigenvalue weighted by molar-refractivity contribution is 7.18. The molecule has 0 aromatic carbocycles. The second kappa shape index (κ2) is 7.58. The summed E-state index contributed by atoms with van der Waals surface area (Å²) in [4.78, 5) is 26.3. The molecule has 2 aromatic rings. The Morgan fingerprint density at radius 1 is 1.50 bits per heavy atom. The van der Waals surface area contributed by atoms with Gasteiger partial charge < -0.3 is 20.7 Å². The Morgan fingerprint density at radius 2 is 2.32 bits per heavy atom. The van der Waals surface area contributed by atoms with E-state index in [1.165, 1.54) is 11.3 Å². The van der Waals surface area contributed by atoms with Crippen molar-refractivity contribution in [1.82, 2.24) is 10.3 Å². The number of aromatic amines is 1. The first-order chi connectivity index (χ1) is 10.7. The van der Waals surface area contributed by atoms with E-state index in [-0.39, 0.29) is 19.1 Å². The lowest BCUT2D eigenvalue weighted by molar-refractivity contribution is -0.105. The monoisotopic (exact) mass is 319 g/mol. The number of H-pyrrole nitrogens is 1. The van der Waals surface area contributed by atoms with Crippen molar-refractivity contribution in [2.24, 2.45) is 0 Å². The summed E-state index contributed by atoms with van der Waals surface area (Å²) in [6.07, 6.45) is 4.35. The molecule has 2 heterocycles. The minimum absolute atomic E-state index is 0.116. The summed E-state index contributed by atoms with van der Waals surface area (Å²) in [6, 6.07) is 5.56. The maximum absolute atomic E-state index is 12.0. The average molecular weight is 319 g/mol. The molecule has 2 rings (SSSR count). The van der Waals surface area contributed by atoms with Gasteiger partial charge >= 0.3 is 0 Å². The van der Waals surface area contributed by atoms with Gasteiger partial charge in [-0.15, -0.1) is 11.3 Å². The lowest BCUT2D eigenvalue weighted by Gasteiger charge is -2.01. The van der Waals surface area contributed by atoms with Gasteiger partial charge in [-0.25, -0.2) is 0 Å². The van der Waals surface area contributed by atoms with Gasteiger partial charge in [0.05, 0.1) is 11.5 Å². The van der Waals surface area contributed by atoms with Gasteiger partial charge in [-0.2, -0.15) is 0 Å². The van der Waals surface area contributed by atoms with Crippen LogP contribution in [0.3, 0.4) is 0 Å². The molecule has 2 aromatic heterocycles. The van der Waals surface area contributed by atoms with Crippen molar-refractivity contribution < 1.29 is 14.7 Å². The van der Waals surface area contributed by atoms with Crippen LogP contribution in [-0.4, -0.2) is 35.6 Å². The minimum Gasteiger partial charge on any atom is -0.395 e. The fourth-order valence-electron chi connectivity index (χ4n) is 1.96. The van der Waals surface area contributed by atoms with Crippen molar-refractivity contribution in [3.63, 3.8) is 0 Å². The van der Waals surface area contributed by atoms with Crippen molar-refractivity contribution in [2.45, 2.75) is 6.92 Å². The third-order valence-electron chi connectivity index (χ3n) is 2.96. The van der Waals surface area contributed by atoms with Crippen LogP contribution in [0.2, 0.25) is 0 Å². The fourth-order valence-corrected chi connectivity index (χ4v) is 2.96. The molecule has 4 N–H and O–H groups in total. The zero-order chi connectivity index (χ0) is 15.9. The first-order valence-corrected chi connectivity index (χ1v) is 7.52. The van der Waals surface area contributed by atoms with E-state index in [4.69, 9.17) is 5.11 Å². The second-order valence-electron chi connectivity index (χ2n) is 4.55. The molecular weight excluding hydrogens is 302 g/mol. The third kappa shape index (κ3) is 3.84. The average Bonchev–Trinajstić information content (AvgIpc) is 3.14. The van der Waals surface area contributed by atoms with Crippen LogP contribution < -0.4 is 10.6 Å². The predicted octanol–water partition coefficient (Wildman–Crippen LogP) is 1.93. The summed E-state index contributed by atoms with van der Waals surface area (Å²) in [5.74, 6) is -0.271. The Bertz CT molecular complexity index is 674. The van der Waals surface area contributed by atoms with Crippen molar-refractivity contribution in [3.8, 4) is 0 Å². The normalized spacial score (nSPS) is 11.3. The Hall–Kier alpha value is -2.38. The topological polar surface area (TPSA) is 94.2 Å². The highest BCUT2D eigenvalue weighted by Crippen LogP contribution is 2.33. The summed E-state index contributed by atoms with van der Waals surface area (Å²) in [5, 5.41) is 14.6. The Kier molecular flexibility index (Phi) is 5.51. The SMILES string of the molecule is C/C(=C\c1ccc[nH]1)c1cc(C(=O)NCCO)sc1NC=O. The number of hydrogen-bond acceptors (Lipinski definition) is 4. The summed E-state index contributed by atoms with van der Waals surface area (Å²) >= 11 is 1.20. The van der Waals surface area contributed by atoms with Crippen LogP contribution >= 0.6 is 11.3 Å². The number of rotatable bonds is 7. The number of allylic oxidation sites excluding steroid dienone is 1. The quantitative estimate of drug-likeness (QED) is 0.587. The van der Waals surface area contributed by atoms with Crippen LogP contribution in [0.1, 0.15) is 27.9 Å². The number of aliphatic hydroxyl groups excluding tert-OH is 1. The summed E-state index contributed by atoms with van der Waals surface area (Å²) in [5.41, 5.74) is 2.65. The standard InChI is InChI=1S/C15H17N3O3S/c1-10(7-11-3-2-4-16-11)12-8-13(14(21)17-5-6-19)22-15(12)18-9-20/h2-4,7-9,16,19H,5-6H2,1H3,(H,17,21)(H,18,20)/b10-7+. The number of carbonyl (C=O) groups is 2. The van der Waals surface area contributed by atoms with Crippen molar-refractivity contribution in [1.29, 1.82) is 0 Å². The molecule has 0 radical (unpaired) electrons. The van der Waals surface area contributed by atoms with Gasteiger partial charge in [0.15, 0.2) is 0 Å². The van der Waals surface area contributed by atoms with Crippen molar-refractivity contribution in [3.05, 3.63) is 40.5 Å². The Labute approximate surface area is 131 Å². The Morgan fingerprint density at radius 3 is 2.95 bits per heavy atom. The molecule has 116 valence electrons. The molecule has 0 spiro atoms. The molecule has 0 saturated carbocycles. The molecule has 7 heteroatoms. The maximum Gasteiger partial charge on any atom is 0.261 e. The molecule has 22 heavy (non-hydrogen) atoms. The van der Waals surface area contributed by atoms with Crippen LogP contribution in [-0.2, 0) is 4.79 Å². The number of aliphatic hydroxyl groups is 1. The maximum atomic E-state index is 12.0. The highest BCUT2D eigenvalue weighted by atomic mass is 32.1. The summed E-state index contributed by atoms with van der Waals surface area (Å²) in [7, 11) is 0. The lowest BCUT2D eigenvalue weighted by Crippen LogP contribution is -2.25. The number of amides is 2. The fraction of sp³-hybridized carbons (Fsp3) is 0.200. The highest BCUT2D eigenvalue weighted by Gasteiger charge is 2.15. The molecule has 0 fully saturated rings. The van der Waals surface area contributed by atoms with E-state index in [0.29, 0.717) is 16.3 Å². The number of hydrogen-bond donors (Lipinski definition) is 4. The second-order valence-corrected chi connectivity index (χ2v) is 5.60. The van der Waals surface area contributed by atoms with Crippen LogP contribution in [0.4, 0.5) is 5.00 Å².